The molecule has 2 unspecified atom stereocenters. The van der Waals surface area contributed by atoms with E-state index in [0.29, 0.717) is 5.92 Å². The van der Waals surface area contributed by atoms with Gasteiger partial charge in [-0.15, -0.1) is 0 Å². The highest BCUT2D eigenvalue weighted by molar-refractivity contribution is 14.1. The maximum Gasteiger partial charge on any atom is 0.337 e. The smallest absolute Gasteiger partial charge is 0.337 e. The summed E-state index contributed by atoms with van der Waals surface area (Å²) in [5, 5.41) is 3.23. The summed E-state index contributed by atoms with van der Waals surface area (Å²) in [6.45, 7) is 0. The third-order valence-corrected chi connectivity index (χ3v) is 4.83. The molecular formula is C11H15IN4O2. The van der Waals surface area contributed by atoms with E-state index in [1.807, 2.05) is 0 Å². The van der Waals surface area contributed by atoms with Crippen molar-refractivity contribution in [3.8, 4) is 0 Å². The molecule has 2 atom stereocenters. The highest BCUT2D eigenvalue weighted by Gasteiger charge is 2.48. The van der Waals surface area contributed by atoms with E-state index >= 15 is 0 Å². The van der Waals surface area contributed by atoms with Crippen LogP contribution in [0.2, 0.25) is 0 Å². The molecule has 0 aromatic heterocycles. The predicted octanol–water partition coefficient (Wildman–Crippen LogP) is 1.12. The fraction of sp³-hybridized carbons (Fsp3) is 0.727. The summed E-state index contributed by atoms with van der Waals surface area (Å²) in [5.41, 5.74) is 0. The Morgan fingerprint density at radius 2 is 2.00 bits per heavy atom. The van der Waals surface area contributed by atoms with Crippen molar-refractivity contribution in [1.29, 1.82) is 0 Å². The van der Waals surface area contributed by atoms with E-state index in [0.717, 1.165) is 21.8 Å². The first-order valence-electron chi connectivity index (χ1n) is 6.20. The number of urea groups is 1. The lowest BCUT2D eigenvalue weighted by atomic mass is 10.1. The Bertz CT molecular complexity index is 433. The minimum absolute atomic E-state index is 0.194. The molecule has 1 N–H and O–H groups in total. The molecule has 0 radical (unpaired) electrons. The van der Waals surface area contributed by atoms with Crippen LogP contribution in [0.5, 0.6) is 0 Å². The highest BCUT2D eigenvalue weighted by atomic mass is 127. The van der Waals surface area contributed by atoms with Crippen LogP contribution in [0.4, 0.5) is 4.79 Å². The molecule has 0 bridgehead atoms. The normalized spacial score (nSPS) is 32.7. The SMILES string of the molecule is CN1C(=O)N(I)C(=O)C2NC(C3CCCC3)=NC21. The third kappa shape index (κ3) is 1.70. The number of nitrogens with one attached hydrogen (secondary N) is 1. The lowest BCUT2D eigenvalue weighted by Crippen LogP contribution is -2.61. The number of carbonyl (C=O) groups excluding carboxylic acids is 2. The van der Waals surface area contributed by atoms with Gasteiger partial charge in [0.25, 0.3) is 5.91 Å². The molecule has 0 aromatic rings. The van der Waals surface area contributed by atoms with E-state index in [-0.39, 0.29) is 18.1 Å². The van der Waals surface area contributed by atoms with Crippen molar-refractivity contribution in [2.75, 3.05) is 7.05 Å². The minimum atomic E-state index is -0.403. The lowest BCUT2D eigenvalue weighted by molar-refractivity contribution is -0.128. The third-order valence-electron chi connectivity index (χ3n) is 3.94. The zero-order valence-corrected chi connectivity index (χ0v) is 12.3. The molecule has 0 spiro atoms. The monoisotopic (exact) mass is 362 g/mol. The van der Waals surface area contributed by atoms with Gasteiger partial charge in [-0.3, -0.25) is 4.79 Å². The average Bonchev–Trinajstić information content (AvgIpc) is 3.01. The molecule has 2 heterocycles. The summed E-state index contributed by atoms with van der Waals surface area (Å²) in [5.74, 6) is 1.16. The molecule has 1 aliphatic carbocycles. The second kappa shape index (κ2) is 4.36. The van der Waals surface area contributed by atoms with Crippen LogP contribution in [0.1, 0.15) is 25.7 Å². The molecule has 1 saturated carbocycles. The van der Waals surface area contributed by atoms with E-state index in [4.69, 9.17) is 0 Å². The minimum Gasteiger partial charge on any atom is -0.359 e. The first-order chi connectivity index (χ1) is 8.59. The van der Waals surface area contributed by atoms with Crippen LogP contribution in [0.3, 0.4) is 0 Å². The Morgan fingerprint density at radius 1 is 1.33 bits per heavy atom. The van der Waals surface area contributed by atoms with Gasteiger partial charge in [-0.25, -0.2) is 12.9 Å². The molecule has 3 aliphatic rings. The molecule has 6 nitrogen and oxygen atoms in total. The van der Waals surface area contributed by atoms with Crippen molar-refractivity contribution in [1.82, 2.24) is 13.3 Å². The van der Waals surface area contributed by atoms with E-state index in [1.165, 1.54) is 17.7 Å². The van der Waals surface area contributed by atoms with Gasteiger partial charge >= 0.3 is 6.03 Å². The van der Waals surface area contributed by atoms with Gasteiger partial charge in [-0.05, 0) is 12.8 Å². The van der Waals surface area contributed by atoms with E-state index < -0.39 is 6.04 Å². The maximum atomic E-state index is 12.1. The summed E-state index contributed by atoms with van der Waals surface area (Å²) in [4.78, 5) is 30.0. The van der Waals surface area contributed by atoms with Gasteiger partial charge in [0.15, 0.2) is 6.17 Å². The van der Waals surface area contributed by atoms with Crippen molar-refractivity contribution >= 4 is 40.6 Å². The largest absolute Gasteiger partial charge is 0.359 e. The average molecular weight is 362 g/mol. The summed E-state index contributed by atoms with van der Waals surface area (Å²) in [6, 6.07) is -0.694. The summed E-state index contributed by atoms with van der Waals surface area (Å²) in [7, 11) is 1.70. The number of halogens is 1. The number of hydrogen-bond donors (Lipinski definition) is 1. The van der Waals surface area contributed by atoms with Crippen LogP contribution in [0.25, 0.3) is 0 Å². The van der Waals surface area contributed by atoms with Crippen LogP contribution >= 0.6 is 22.9 Å². The molecule has 2 aliphatic heterocycles. The quantitative estimate of drug-likeness (QED) is 0.562. The van der Waals surface area contributed by atoms with Crippen LogP contribution in [-0.4, -0.2) is 45.0 Å². The zero-order chi connectivity index (χ0) is 12.9. The summed E-state index contributed by atoms with van der Waals surface area (Å²) >= 11 is 1.76. The van der Waals surface area contributed by atoms with Gasteiger partial charge in [-0.2, -0.15) is 0 Å². The molecule has 2 fully saturated rings. The van der Waals surface area contributed by atoms with Crippen molar-refractivity contribution in [3.05, 3.63) is 0 Å². The van der Waals surface area contributed by atoms with E-state index in [2.05, 4.69) is 10.3 Å². The number of imide groups is 1. The number of rotatable bonds is 1. The molecule has 1 saturated heterocycles. The Kier molecular flexibility index (Phi) is 2.95. The summed E-state index contributed by atoms with van der Waals surface area (Å²) in [6.07, 6.45) is 4.34. The van der Waals surface area contributed by atoms with E-state index in [9.17, 15) is 9.59 Å². The maximum absolute atomic E-state index is 12.1. The standard InChI is InChI=1S/C11H15IN4O2/c1-15-9-7(10(17)16(12)11(15)18)13-8(14-9)6-4-2-3-5-6/h6-7,9H,2-5H2,1H3,(H,13,14). The summed E-state index contributed by atoms with van der Waals surface area (Å²) < 4.78 is 1.14. The van der Waals surface area contributed by atoms with Gasteiger partial charge in [0.1, 0.15) is 11.9 Å². The molecule has 0 aromatic carbocycles. The Morgan fingerprint density at radius 3 is 2.67 bits per heavy atom. The van der Waals surface area contributed by atoms with Gasteiger partial charge < -0.3 is 10.2 Å². The topological polar surface area (TPSA) is 65.0 Å². The van der Waals surface area contributed by atoms with Crippen LogP contribution in [0.15, 0.2) is 4.99 Å². The number of amidine groups is 1. The molecule has 98 valence electrons. The van der Waals surface area contributed by atoms with Crippen molar-refractivity contribution in [2.24, 2.45) is 10.9 Å². The lowest BCUT2D eigenvalue weighted by Gasteiger charge is -2.35. The molecule has 3 rings (SSSR count). The first kappa shape index (κ1) is 12.2. The number of carbonyl (C=O) groups is 2. The molecule has 3 amide bonds. The van der Waals surface area contributed by atoms with Crippen molar-refractivity contribution in [3.63, 3.8) is 0 Å². The molecule has 7 heteroatoms. The fourth-order valence-corrected chi connectivity index (χ4v) is 3.52. The van der Waals surface area contributed by atoms with Crippen LogP contribution in [0, 0.1) is 5.92 Å². The predicted molar refractivity (Wildman–Crippen MR) is 74.1 cm³/mol. The Hall–Kier alpha value is -0.860. The fourth-order valence-electron chi connectivity index (χ4n) is 2.88. The second-order valence-electron chi connectivity index (χ2n) is 5.04. The van der Waals surface area contributed by atoms with Crippen LogP contribution in [-0.2, 0) is 4.79 Å². The van der Waals surface area contributed by atoms with Gasteiger partial charge in [-0.1, -0.05) is 12.8 Å². The Labute approximate surface area is 119 Å². The second-order valence-corrected chi connectivity index (χ2v) is 6.01. The first-order valence-corrected chi connectivity index (χ1v) is 7.17. The zero-order valence-electron chi connectivity index (χ0n) is 10.1. The number of fused-ring (bicyclic) bond motifs is 1. The molecular weight excluding hydrogens is 347 g/mol. The van der Waals surface area contributed by atoms with E-state index in [1.54, 1.807) is 29.9 Å². The van der Waals surface area contributed by atoms with Crippen LogP contribution < -0.4 is 5.32 Å². The van der Waals surface area contributed by atoms with Crippen molar-refractivity contribution < 1.29 is 9.59 Å². The molecule has 18 heavy (non-hydrogen) atoms. The van der Waals surface area contributed by atoms with Crippen molar-refractivity contribution in [2.45, 2.75) is 37.9 Å². The van der Waals surface area contributed by atoms with Gasteiger partial charge in [0, 0.05) is 13.0 Å². The number of likely N-dealkylation sites (N-methyl/N-ethyl adjacent to an activating group) is 1. The number of nitrogens with zero attached hydrogens (tertiary/aromatic N) is 3. The Balaban J connectivity index is 1.85. The number of amides is 3. The number of hydrogen-bond acceptors (Lipinski definition) is 4. The van der Waals surface area contributed by atoms with Gasteiger partial charge in [0.05, 0.1) is 22.9 Å². The number of aliphatic imine (C=N–C) groups is 1. The highest BCUT2D eigenvalue weighted by Crippen LogP contribution is 2.30. The van der Waals surface area contributed by atoms with Gasteiger partial charge in [0.2, 0.25) is 0 Å².